The fraction of sp³-hybridized carbons (Fsp3) is 0.350. The quantitative estimate of drug-likeness (QED) is 0.780. The molecule has 4 nitrogen and oxygen atoms in total. The van der Waals surface area contributed by atoms with Gasteiger partial charge in [-0.2, -0.15) is 0 Å². The predicted octanol–water partition coefficient (Wildman–Crippen LogP) is 4.31. The van der Waals surface area contributed by atoms with Gasteiger partial charge in [-0.15, -0.1) is 0 Å². The summed E-state index contributed by atoms with van der Waals surface area (Å²) in [7, 11) is 3.88. The van der Waals surface area contributed by atoms with Gasteiger partial charge in [-0.3, -0.25) is 0 Å². The van der Waals surface area contributed by atoms with Gasteiger partial charge >= 0.3 is 6.03 Å². The molecule has 1 unspecified atom stereocenters. The molecule has 1 atom stereocenters. The van der Waals surface area contributed by atoms with Gasteiger partial charge in [0.2, 0.25) is 0 Å². The first-order valence-corrected chi connectivity index (χ1v) is 8.93. The smallest absolute Gasteiger partial charge is 0.318 e. The Labute approximate surface area is 159 Å². The van der Waals surface area contributed by atoms with Crippen molar-refractivity contribution in [2.24, 2.45) is 0 Å². The Hall–Kier alpha value is -2.11. The summed E-state index contributed by atoms with van der Waals surface area (Å²) in [6.45, 7) is 3.33. The number of hydrogen-bond acceptors (Lipinski definition) is 2. The second-order valence-electron chi connectivity index (χ2n) is 6.54. The molecule has 26 heavy (non-hydrogen) atoms. The molecule has 0 saturated heterocycles. The van der Waals surface area contributed by atoms with Gasteiger partial charge in [0.1, 0.15) is 5.82 Å². The van der Waals surface area contributed by atoms with Crippen molar-refractivity contribution in [1.82, 2.24) is 15.1 Å². The number of hydrogen-bond donors (Lipinski definition) is 1. The Morgan fingerprint density at radius 1 is 1.12 bits per heavy atom. The Morgan fingerprint density at radius 2 is 1.77 bits per heavy atom. The summed E-state index contributed by atoms with van der Waals surface area (Å²) in [5, 5.41) is 3.63. The average molecular weight is 378 g/mol. The number of halogens is 2. The molecule has 0 aliphatic carbocycles. The molecule has 0 aliphatic rings. The van der Waals surface area contributed by atoms with Crippen LogP contribution in [0.5, 0.6) is 0 Å². The van der Waals surface area contributed by atoms with Gasteiger partial charge < -0.3 is 15.1 Å². The molecule has 140 valence electrons. The summed E-state index contributed by atoms with van der Waals surface area (Å²) in [5.74, 6) is -0.305. The van der Waals surface area contributed by atoms with E-state index in [0.29, 0.717) is 23.7 Å². The highest BCUT2D eigenvalue weighted by Gasteiger charge is 2.18. The zero-order chi connectivity index (χ0) is 19.1. The minimum Gasteiger partial charge on any atom is -0.331 e. The predicted molar refractivity (Wildman–Crippen MR) is 104 cm³/mol. The van der Waals surface area contributed by atoms with Crippen LogP contribution in [0.15, 0.2) is 48.5 Å². The summed E-state index contributed by atoms with van der Waals surface area (Å²) < 4.78 is 14.0. The molecule has 0 bridgehead atoms. The molecule has 0 spiro atoms. The van der Waals surface area contributed by atoms with Crippen molar-refractivity contribution in [2.45, 2.75) is 19.5 Å². The van der Waals surface area contributed by atoms with Crippen molar-refractivity contribution in [3.8, 4) is 0 Å². The van der Waals surface area contributed by atoms with Crippen molar-refractivity contribution >= 4 is 17.6 Å². The van der Waals surface area contributed by atoms with Gasteiger partial charge in [-0.05, 0) is 44.8 Å². The zero-order valence-electron chi connectivity index (χ0n) is 15.4. The molecule has 2 rings (SSSR count). The van der Waals surface area contributed by atoms with E-state index in [1.165, 1.54) is 6.07 Å². The normalized spacial score (nSPS) is 12.1. The molecule has 0 saturated carbocycles. The van der Waals surface area contributed by atoms with Gasteiger partial charge in [0.25, 0.3) is 0 Å². The third-order valence-corrected chi connectivity index (χ3v) is 4.39. The summed E-state index contributed by atoms with van der Waals surface area (Å²) in [6, 6.07) is 13.5. The molecule has 2 amide bonds. The van der Waals surface area contributed by atoms with Gasteiger partial charge in [0.15, 0.2) is 0 Å². The minimum absolute atomic E-state index is 0.178. The van der Waals surface area contributed by atoms with Crippen LogP contribution in [0.1, 0.15) is 24.1 Å². The Balaban J connectivity index is 2.09. The molecule has 1 N–H and O–H groups in total. The lowest BCUT2D eigenvalue weighted by Crippen LogP contribution is -2.43. The highest BCUT2D eigenvalue weighted by molar-refractivity contribution is 6.30. The van der Waals surface area contributed by atoms with Gasteiger partial charge in [-0.1, -0.05) is 41.9 Å². The highest BCUT2D eigenvalue weighted by Crippen LogP contribution is 2.17. The van der Waals surface area contributed by atoms with Crippen molar-refractivity contribution in [1.29, 1.82) is 0 Å². The van der Waals surface area contributed by atoms with Crippen LogP contribution in [-0.4, -0.2) is 43.0 Å². The molecule has 0 fully saturated rings. The van der Waals surface area contributed by atoms with Gasteiger partial charge in [-0.25, -0.2) is 9.18 Å². The lowest BCUT2D eigenvalue weighted by Gasteiger charge is -2.27. The number of likely N-dealkylation sites (N-methyl/N-ethyl adjacent to an activating group) is 1. The van der Waals surface area contributed by atoms with Crippen molar-refractivity contribution < 1.29 is 9.18 Å². The second kappa shape index (κ2) is 9.55. The van der Waals surface area contributed by atoms with E-state index in [0.717, 1.165) is 5.56 Å². The Bertz CT molecular complexity index is 721. The third-order valence-electron chi connectivity index (χ3n) is 4.13. The molecule has 0 radical (unpaired) electrons. The molecule has 0 aliphatic heterocycles. The van der Waals surface area contributed by atoms with E-state index in [2.05, 4.69) is 5.32 Å². The maximum absolute atomic E-state index is 14.0. The van der Waals surface area contributed by atoms with Crippen LogP contribution >= 0.6 is 11.6 Å². The van der Waals surface area contributed by atoms with Crippen LogP contribution < -0.4 is 5.32 Å². The fourth-order valence-electron chi connectivity index (χ4n) is 2.52. The SMILES string of the molecule is CC(NC(=O)N(CCN(C)C)Cc1ccccc1F)c1ccc(Cl)cc1. The molecule has 0 heterocycles. The molecular formula is C20H25ClFN3O. The minimum atomic E-state index is -0.305. The number of urea groups is 1. The summed E-state index contributed by atoms with van der Waals surface area (Å²) in [4.78, 5) is 16.4. The Kier molecular flexibility index (Phi) is 7.42. The standard InChI is InChI=1S/C20H25ClFN3O/c1-15(16-8-10-18(21)11-9-16)23-20(26)25(13-12-24(2)3)14-17-6-4-5-7-19(17)22/h4-11,15H,12-14H2,1-3H3,(H,23,26). The molecular weight excluding hydrogens is 353 g/mol. The summed E-state index contributed by atoms with van der Waals surface area (Å²) >= 11 is 5.91. The van der Waals surface area contributed by atoms with Crippen LogP contribution in [-0.2, 0) is 6.54 Å². The lowest BCUT2D eigenvalue weighted by atomic mass is 10.1. The number of rotatable bonds is 7. The molecule has 2 aromatic carbocycles. The van der Waals surface area contributed by atoms with E-state index in [1.807, 2.05) is 38.1 Å². The van der Waals surface area contributed by atoms with Crippen LogP contribution in [0, 0.1) is 5.82 Å². The first kappa shape index (κ1) is 20.2. The maximum atomic E-state index is 14.0. The monoisotopic (exact) mass is 377 g/mol. The van der Waals surface area contributed by atoms with E-state index >= 15 is 0 Å². The van der Waals surface area contributed by atoms with E-state index in [9.17, 15) is 9.18 Å². The van der Waals surface area contributed by atoms with Gasteiger partial charge in [0, 0.05) is 23.7 Å². The average Bonchev–Trinajstić information content (AvgIpc) is 2.60. The Morgan fingerprint density at radius 3 is 2.38 bits per heavy atom. The first-order chi connectivity index (χ1) is 12.4. The topological polar surface area (TPSA) is 35.6 Å². The number of nitrogens with one attached hydrogen (secondary N) is 1. The molecule has 2 aromatic rings. The molecule has 6 heteroatoms. The number of carbonyl (C=O) groups excluding carboxylic acids is 1. The third kappa shape index (κ3) is 6.00. The van der Waals surface area contributed by atoms with Crippen LogP contribution in [0.2, 0.25) is 5.02 Å². The zero-order valence-corrected chi connectivity index (χ0v) is 16.1. The van der Waals surface area contributed by atoms with E-state index in [-0.39, 0.29) is 24.4 Å². The van der Waals surface area contributed by atoms with Crippen LogP contribution in [0.3, 0.4) is 0 Å². The second-order valence-corrected chi connectivity index (χ2v) is 6.98. The van der Waals surface area contributed by atoms with E-state index in [4.69, 9.17) is 11.6 Å². The van der Waals surface area contributed by atoms with Crippen molar-refractivity contribution in [3.63, 3.8) is 0 Å². The van der Waals surface area contributed by atoms with Crippen molar-refractivity contribution in [2.75, 3.05) is 27.2 Å². The van der Waals surface area contributed by atoms with E-state index < -0.39 is 0 Å². The maximum Gasteiger partial charge on any atom is 0.318 e. The van der Waals surface area contributed by atoms with Crippen molar-refractivity contribution in [3.05, 3.63) is 70.5 Å². The number of carbonyl (C=O) groups is 1. The highest BCUT2D eigenvalue weighted by atomic mass is 35.5. The fourth-order valence-corrected chi connectivity index (χ4v) is 2.64. The summed E-state index contributed by atoms with van der Waals surface area (Å²) in [6.07, 6.45) is 0. The van der Waals surface area contributed by atoms with E-state index in [1.54, 1.807) is 35.2 Å². The largest absolute Gasteiger partial charge is 0.331 e. The molecule has 0 aromatic heterocycles. The number of nitrogens with zero attached hydrogens (tertiary/aromatic N) is 2. The summed E-state index contributed by atoms with van der Waals surface area (Å²) in [5.41, 5.74) is 1.46. The van der Waals surface area contributed by atoms with Gasteiger partial charge in [0.05, 0.1) is 12.6 Å². The lowest BCUT2D eigenvalue weighted by molar-refractivity contribution is 0.185. The number of amides is 2. The van der Waals surface area contributed by atoms with Crippen LogP contribution in [0.4, 0.5) is 9.18 Å². The first-order valence-electron chi connectivity index (χ1n) is 8.56. The van der Waals surface area contributed by atoms with Crippen LogP contribution in [0.25, 0.3) is 0 Å². The number of benzene rings is 2.